The van der Waals surface area contributed by atoms with Crippen LogP contribution in [-0.4, -0.2) is 12.6 Å². The Bertz CT molecular complexity index is 390. The molecule has 1 heterocycles. The van der Waals surface area contributed by atoms with E-state index in [0.29, 0.717) is 12.1 Å². The van der Waals surface area contributed by atoms with Crippen molar-refractivity contribution in [2.75, 3.05) is 6.61 Å². The van der Waals surface area contributed by atoms with Gasteiger partial charge in [-0.1, -0.05) is 38.0 Å². The fourth-order valence-corrected chi connectivity index (χ4v) is 3.30. The Hall–Kier alpha value is -1.02. The predicted molar refractivity (Wildman–Crippen MR) is 69.2 cm³/mol. The summed E-state index contributed by atoms with van der Waals surface area (Å²) in [5.74, 6) is 1.93. The van der Waals surface area contributed by atoms with Gasteiger partial charge in [0.05, 0.1) is 6.04 Å². The third kappa shape index (κ3) is 2.06. The van der Waals surface area contributed by atoms with E-state index >= 15 is 0 Å². The third-order valence-electron chi connectivity index (χ3n) is 4.30. The molecule has 3 atom stereocenters. The Labute approximate surface area is 103 Å². The molecule has 3 unspecified atom stereocenters. The van der Waals surface area contributed by atoms with Crippen LogP contribution in [0.25, 0.3) is 0 Å². The topological polar surface area (TPSA) is 21.3 Å². The maximum atomic E-state index is 5.73. The standard InChI is InChI=1S/C15H21NO/c1-2-11-6-5-8-13(11)16-14-10-17-15-9-4-3-7-12(14)15/h3-4,7,9,11,13-14,16H,2,5-6,8,10H2,1H3. The van der Waals surface area contributed by atoms with Crippen molar-refractivity contribution in [1.82, 2.24) is 5.32 Å². The van der Waals surface area contributed by atoms with E-state index in [4.69, 9.17) is 4.74 Å². The molecule has 0 amide bonds. The molecule has 1 aliphatic carbocycles. The summed E-state index contributed by atoms with van der Waals surface area (Å²) in [6, 6.07) is 9.52. The molecular weight excluding hydrogens is 210 g/mol. The average molecular weight is 231 g/mol. The van der Waals surface area contributed by atoms with Gasteiger partial charge in [0.25, 0.3) is 0 Å². The summed E-state index contributed by atoms with van der Waals surface area (Å²) in [4.78, 5) is 0. The first-order valence-electron chi connectivity index (χ1n) is 6.86. The minimum atomic E-state index is 0.406. The van der Waals surface area contributed by atoms with Gasteiger partial charge in [0.2, 0.25) is 0 Å². The van der Waals surface area contributed by atoms with Crippen LogP contribution in [-0.2, 0) is 0 Å². The fraction of sp³-hybridized carbons (Fsp3) is 0.600. The number of hydrogen-bond donors (Lipinski definition) is 1. The Morgan fingerprint density at radius 3 is 3.06 bits per heavy atom. The first kappa shape index (κ1) is 11.1. The van der Waals surface area contributed by atoms with Crippen molar-refractivity contribution in [3.05, 3.63) is 29.8 Å². The number of ether oxygens (including phenoxy) is 1. The zero-order valence-electron chi connectivity index (χ0n) is 10.5. The monoisotopic (exact) mass is 231 g/mol. The molecule has 92 valence electrons. The van der Waals surface area contributed by atoms with E-state index in [2.05, 4.69) is 30.4 Å². The van der Waals surface area contributed by atoms with Gasteiger partial charge in [0.1, 0.15) is 12.4 Å². The number of hydrogen-bond acceptors (Lipinski definition) is 2. The lowest BCUT2D eigenvalue weighted by Crippen LogP contribution is -2.36. The highest BCUT2D eigenvalue weighted by Gasteiger charge is 2.31. The summed E-state index contributed by atoms with van der Waals surface area (Å²) >= 11 is 0. The number of rotatable bonds is 3. The molecule has 1 saturated carbocycles. The quantitative estimate of drug-likeness (QED) is 0.862. The van der Waals surface area contributed by atoms with Gasteiger partial charge in [0.15, 0.2) is 0 Å². The molecule has 0 saturated heterocycles. The lowest BCUT2D eigenvalue weighted by molar-refractivity contribution is 0.278. The van der Waals surface area contributed by atoms with E-state index < -0.39 is 0 Å². The van der Waals surface area contributed by atoms with Crippen LogP contribution in [0.3, 0.4) is 0 Å². The summed E-state index contributed by atoms with van der Waals surface area (Å²) in [7, 11) is 0. The normalized spacial score (nSPS) is 31.2. The minimum Gasteiger partial charge on any atom is -0.491 e. The second kappa shape index (κ2) is 4.69. The van der Waals surface area contributed by atoms with E-state index in [0.717, 1.165) is 18.3 Å². The molecule has 1 aromatic rings. The molecule has 0 radical (unpaired) electrons. The van der Waals surface area contributed by atoms with E-state index in [-0.39, 0.29) is 0 Å². The zero-order chi connectivity index (χ0) is 11.7. The first-order chi connectivity index (χ1) is 8.38. The van der Waals surface area contributed by atoms with Gasteiger partial charge in [-0.25, -0.2) is 0 Å². The van der Waals surface area contributed by atoms with Crippen molar-refractivity contribution >= 4 is 0 Å². The SMILES string of the molecule is CCC1CCCC1NC1COc2ccccc21. The van der Waals surface area contributed by atoms with Crippen LogP contribution in [0.2, 0.25) is 0 Å². The molecule has 2 heteroatoms. The summed E-state index contributed by atoms with van der Waals surface area (Å²) < 4.78 is 5.73. The Balaban J connectivity index is 1.71. The van der Waals surface area contributed by atoms with Crippen LogP contribution in [0, 0.1) is 5.92 Å². The first-order valence-corrected chi connectivity index (χ1v) is 6.86. The third-order valence-corrected chi connectivity index (χ3v) is 4.30. The molecule has 0 bridgehead atoms. The summed E-state index contributed by atoms with van der Waals surface area (Å²) in [5.41, 5.74) is 1.34. The van der Waals surface area contributed by atoms with Gasteiger partial charge in [-0.3, -0.25) is 0 Å². The predicted octanol–water partition coefficient (Wildman–Crippen LogP) is 3.29. The van der Waals surface area contributed by atoms with E-state index in [1.807, 2.05) is 6.07 Å². The highest BCUT2D eigenvalue weighted by molar-refractivity contribution is 5.39. The van der Waals surface area contributed by atoms with Crippen molar-refractivity contribution in [3.63, 3.8) is 0 Å². The highest BCUT2D eigenvalue weighted by atomic mass is 16.5. The summed E-state index contributed by atoms with van der Waals surface area (Å²) in [6.07, 6.45) is 5.40. The van der Waals surface area contributed by atoms with Crippen LogP contribution in [0.4, 0.5) is 0 Å². The second-order valence-electron chi connectivity index (χ2n) is 5.27. The molecule has 0 spiro atoms. The van der Waals surface area contributed by atoms with Gasteiger partial charge in [-0.15, -0.1) is 0 Å². The van der Waals surface area contributed by atoms with Gasteiger partial charge < -0.3 is 10.1 Å². The number of nitrogens with one attached hydrogen (secondary N) is 1. The van der Waals surface area contributed by atoms with Crippen molar-refractivity contribution in [1.29, 1.82) is 0 Å². The Morgan fingerprint density at radius 2 is 2.18 bits per heavy atom. The summed E-state index contributed by atoms with van der Waals surface area (Å²) in [6.45, 7) is 3.11. The van der Waals surface area contributed by atoms with Crippen LogP contribution in [0.15, 0.2) is 24.3 Å². The molecule has 2 nitrogen and oxygen atoms in total. The van der Waals surface area contributed by atoms with Crippen molar-refractivity contribution in [2.45, 2.75) is 44.7 Å². The van der Waals surface area contributed by atoms with E-state index in [9.17, 15) is 0 Å². The van der Waals surface area contributed by atoms with Gasteiger partial charge >= 0.3 is 0 Å². The highest BCUT2D eigenvalue weighted by Crippen LogP contribution is 2.35. The fourth-order valence-electron chi connectivity index (χ4n) is 3.30. The number of benzene rings is 1. The molecule has 17 heavy (non-hydrogen) atoms. The Morgan fingerprint density at radius 1 is 1.29 bits per heavy atom. The maximum absolute atomic E-state index is 5.73. The molecule has 1 aromatic carbocycles. The minimum absolute atomic E-state index is 0.406. The molecule has 2 aliphatic rings. The summed E-state index contributed by atoms with van der Waals surface area (Å²) in [5, 5.41) is 3.81. The van der Waals surface area contributed by atoms with Gasteiger partial charge in [-0.2, -0.15) is 0 Å². The molecule has 1 N–H and O–H groups in total. The lowest BCUT2D eigenvalue weighted by atomic mass is 9.98. The average Bonchev–Trinajstić information content (AvgIpc) is 2.97. The van der Waals surface area contributed by atoms with Crippen molar-refractivity contribution < 1.29 is 4.74 Å². The van der Waals surface area contributed by atoms with Crippen molar-refractivity contribution in [3.8, 4) is 5.75 Å². The molecule has 1 aliphatic heterocycles. The number of fused-ring (bicyclic) bond motifs is 1. The van der Waals surface area contributed by atoms with E-state index in [1.165, 1.54) is 31.2 Å². The molecule has 1 fully saturated rings. The van der Waals surface area contributed by atoms with Gasteiger partial charge in [-0.05, 0) is 24.8 Å². The van der Waals surface area contributed by atoms with Crippen LogP contribution >= 0.6 is 0 Å². The maximum Gasteiger partial charge on any atom is 0.124 e. The number of para-hydroxylation sites is 1. The molecule has 3 rings (SSSR count). The van der Waals surface area contributed by atoms with Crippen molar-refractivity contribution in [2.24, 2.45) is 5.92 Å². The molecular formula is C15H21NO. The van der Waals surface area contributed by atoms with Crippen LogP contribution in [0.1, 0.15) is 44.2 Å². The molecule has 0 aromatic heterocycles. The van der Waals surface area contributed by atoms with E-state index in [1.54, 1.807) is 0 Å². The second-order valence-corrected chi connectivity index (χ2v) is 5.27. The smallest absolute Gasteiger partial charge is 0.124 e. The Kier molecular flexibility index (Phi) is 3.06. The van der Waals surface area contributed by atoms with Gasteiger partial charge in [0, 0.05) is 11.6 Å². The zero-order valence-corrected chi connectivity index (χ0v) is 10.5. The largest absolute Gasteiger partial charge is 0.491 e. The van der Waals surface area contributed by atoms with Crippen LogP contribution in [0.5, 0.6) is 5.75 Å². The lowest BCUT2D eigenvalue weighted by Gasteiger charge is -2.23. The van der Waals surface area contributed by atoms with Crippen LogP contribution < -0.4 is 10.1 Å².